The van der Waals surface area contributed by atoms with Gasteiger partial charge in [-0.1, -0.05) is 29.3 Å². The van der Waals surface area contributed by atoms with Crippen LogP contribution in [0.3, 0.4) is 0 Å². The van der Waals surface area contributed by atoms with E-state index in [1.54, 1.807) is 18.2 Å². The van der Waals surface area contributed by atoms with Crippen LogP contribution in [-0.2, 0) is 6.42 Å². The highest BCUT2D eigenvalue weighted by Gasteiger charge is 2.17. The number of aliphatic hydroxyl groups excluding tert-OH is 1. The van der Waals surface area contributed by atoms with Gasteiger partial charge in [0.05, 0.1) is 11.8 Å². The number of hydrogen-bond acceptors (Lipinski definition) is 2. The number of aliphatic hydroxyl groups is 1. The zero-order valence-electron chi connectivity index (χ0n) is 10.8. The Labute approximate surface area is 122 Å². The number of nitrogens with zero attached hydrogens (tertiary/aromatic N) is 2. The van der Waals surface area contributed by atoms with E-state index in [1.807, 2.05) is 16.9 Å². The van der Waals surface area contributed by atoms with Gasteiger partial charge in [-0.25, -0.2) is 0 Å². The smallest absolute Gasteiger partial charge is 0.0875 e. The third-order valence-electron chi connectivity index (χ3n) is 2.93. The van der Waals surface area contributed by atoms with E-state index < -0.39 is 6.10 Å². The van der Waals surface area contributed by atoms with E-state index in [9.17, 15) is 5.11 Å². The number of aromatic nitrogens is 2. The van der Waals surface area contributed by atoms with Crippen LogP contribution in [0.1, 0.15) is 37.3 Å². The van der Waals surface area contributed by atoms with Crippen molar-refractivity contribution in [1.29, 1.82) is 0 Å². The number of hydrogen-bond donors (Lipinski definition) is 1. The summed E-state index contributed by atoms with van der Waals surface area (Å²) in [6.45, 7) is 4.11. The van der Waals surface area contributed by atoms with Crippen LogP contribution in [0, 0.1) is 0 Å². The fourth-order valence-electron chi connectivity index (χ4n) is 1.90. The number of halogens is 2. The first kappa shape index (κ1) is 14.4. The van der Waals surface area contributed by atoms with Gasteiger partial charge in [-0.3, -0.25) is 4.68 Å². The second-order valence-electron chi connectivity index (χ2n) is 4.74. The summed E-state index contributed by atoms with van der Waals surface area (Å²) in [4.78, 5) is 0. The molecule has 0 saturated carbocycles. The van der Waals surface area contributed by atoms with Crippen molar-refractivity contribution in [3.8, 4) is 0 Å². The Balaban J connectivity index is 2.18. The average Bonchev–Trinajstić information content (AvgIpc) is 2.77. The Morgan fingerprint density at radius 3 is 2.37 bits per heavy atom. The second-order valence-corrected chi connectivity index (χ2v) is 5.55. The standard InChI is InChI=1S/C14H16Cl2N2O/c1-9(2)18-7-6-10(17-18)8-13(19)14-11(15)4-3-5-12(14)16/h3-7,9,13,19H,8H2,1-2H3. The van der Waals surface area contributed by atoms with Gasteiger partial charge < -0.3 is 5.11 Å². The highest BCUT2D eigenvalue weighted by atomic mass is 35.5. The van der Waals surface area contributed by atoms with Gasteiger partial charge in [-0.2, -0.15) is 5.10 Å². The summed E-state index contributed by atoms with van der Waals surface area (Å²) in [5.74, 6) is 0. The molecule has 0 aliphatic heterocycles. The highest BCUT2D eigenvalue weighted by molar-refractivity contribution is 6.36. The summed E-state index contributed by atoms with van der Waals surface area (Å²) in [6, 6.07) is 7.40. The third kappa shape index (κ3) is 3.30. The molecule has 2 rings (SSSR count). The largest absolute Gasteiger partial charge is 0.388 e. The van der Waals surface area contributed by atoms with E-state index in [0.29, 0.717) is 28.1 Å². The Morgan fingerprint density at radius 1 is 1.21 bits per heavy atom. The molecule has 0 saturated heterocycles. The Hall–Kier alpha value is -1.03. The minimum absolute atomic E-state index is 0.301. The summed E-state index contributed by atoms with van der Waals surface area (Å²) in [7, 11) is 0. The lowest BCUT2D eigenvalue weighted by molar-refractivity contribution is 0.177. The van der Waals surface area contributed by atoms with Crippen molar-refractivity contribution in [3.05, 3.63) is 51.8 Å². The monoisotopic (exact) mass is 298 g/mol. The maximum atomic E-state index is 10.3. The molecule has 5 heteroatoms. The van der Waals surface area contributed by atoms with Crippen LogP contribution in [-0.4, -0.2) is 14.9 Å². The first-order valence-corrected chi connectivity index (χ1v) is 6.90. The predicted molar refractivity (Wildman–Crippen MR) is 77.7 cm³/mol. The van der Waals surface area contributed by atoms with Gasteiger partial charge in [-0.05, 0) is 32.0 Å². The molecule has 0 amide bonds. The minimum atomic E-state index is -0.753. The van der Waals surface area contributed by atoms with Crippen molar-refractivity contribution < 1.29 is 5.11 Å². The predicted octanol–water partition coefficient (Wildman–Crippen LogP) is 4.05. The molecular weight excluding hydrogens is 283 g/mol. The number of benzene rings is 1. The van der Waals surface area contributed by atoms with E-state index in [-0.39, 0.29) is 0 Å². The molecule has 1 aromatic carbocycles. The molecule has 0 fully saturated rings. The third-order valence-corrected chi connectivity index (χ3v) is 3.59. The molecule has 1 unspecified atom stereocenters. The van der Waals surface area contributed by atoms with Gasteiger partial charge >= 0.3 is 0 Å². The summed E-state index contributed by atoms with van der Waals surface area (Å²) in [5.41, 5.74) is 1.38. The van der Waals surface area contributed by atoms with E-state index in [2.05, 4.69) is 18.9 Å². The van der Waals surface area contributed by atoms with E-state index in [0.717, 1.165) is 5.69 Å². The van der Waals surface area contributed by atoms with E-state index in [1.165, 1.54) is 0 Å². The SMILES string of the molecule is CC(C)n1ccc(CC(O)c2c(Cl)cccc2Cl)n1. The lowest BCUT2D eigenvalue weighted by Crippen LogP contribution is -2.06. The van der Waals surface area contributed by atoms with Crippen LogP contribution in [0.2, 0.25) is 10.0 Å². The Bertz CT molecular complexity index is 546. The molecule has 0 bridgehead atoms. The normalized spacial score (nSPS) is 12.9. The molecule has 2 aromatic rings. The zero-order valence-corrected chi connectivity index (χ0v) is 12.4. The van der Waals surface area contributed by atoms with Gasteiger partial charge in [-0.15, -0.1) is 0 Å². The molecule has 1 aromatic heterocycles. The Kier molecular flexibility index (Phi) is 4.50. The maximum absolute atomic E-state index is 10.3. The molecule has 0 aliphatic rings. The molecule has 1 N–H and O–H groups in total. The molecule has 1 heterocycles. The van der Waals surface area contributed by atoms with Crippen LogP contribution >= 0.6 is 23.2 Å². The average molecular weight is 299 g/mol. The quantitative estimate of drug-likeness (QED) is 0.925. The molecular formula is C14H16Cl2N2O. The van der Waals surface area contributed by atoms with Crippen LogP contribution in [0.5, 0.6) is 0 Å². The lowest BCUT2D eigenvalue weighted by Gasteiger charge is -2.13. The van der Waals surface area contributed by atoms with Crippen molar-refractivity contribution in [2.24, 2.45) is 0 Å². The molecule has 19 heavy (non-hydrogen) atoms. The highest BCUT2D eigenvalue weighted by Crippen LogP contribution is 2.31. The summed E-state index contributed by atoms with van der Waals surface area (Å²) in [5, 5.41) is 15.6. The molecule has 0 radical (unpaired) electrons. The van der Waals surface area contributed by atoms with Crippen LogP contribution in [0.25, 0.3) is 0 Å². The molecule has 1 atom stereocenters. The van der Waals surface area contributed by atoms with Gasteiger partial charge in [0, 0.05) is 34.3 Å². The van der Waals surface area contributed by atoms with Crippen LogP contribution in [0.15, 0.2) is 30.5 Å². The second kappa shape index (κ2) is 5.95. The summed E-state index contributed by atoms with van der Waals surface area (Å²) < 4.78 is 1.86. The molecule has 3 nitrogen and oxygen atoms in total. The van der Waals surface area contributed by atoms with Gasteiger partial charge in [0.1, 0.15) is 0 Å². The fraction of sp³-hybridized carbons (Fsp3) is 0.357. The van der Waals surface area contributed by atoms with Crippen LogP contribution in [0.4, 0.5) is 0 Å². The summed E-state index contributed by atoms with van der Waals surface area (Å²) in [6.07, 6.45) is 1.54. The first-order chi connectivity index (χ1) is 8.99. The summed E-state index contributed by atoms with van der Waals surface area (Å²) >= 11 is 12.2. The van der Waals surface area contributed by atoms with Gasteiger partial charge in [0.2, 0.25) is 0 Å². The first-order valence-electron chi connectivity index (χ1n) is 6.15. The lowest BCUT2D eigenvalue weighted by atomic mass is 10.0. The van der Waals surface area contributed by atoms with Crippen molar-refractivity contribution in [2.75, 3.05) is 0 Å². The van der Waals surface area contributed by atoms with Crippen molar-refractivity contribution in [2.45, 2.75) is 32.4 Å². The van der Waals surface area contributed by atoms with Crippen molar-refractivity contribution >= 4 is 23.2 Å². The van der Waals surface area contributed by atoms with E-state index >= 15 is 0 Å². The van der Waals surface area contributed by atoms with Gasteiger partial charge in [0.25, 0.3) is 0 Å². The van der Waals surface area contributed by atoms with Crippen LogP contribution < -0.4 is 0 Å². The molecule has 0 aliphatic carbocycles. The molecule has 102 valence electrons. The van der Waals surface area contributed by atoms with Gasteiger partial charge in [0.15, 0.2) is 0 Å². The molecule has 0 spiro atoms. The van der Waals surface area contributed by atoms with E-state index in [4.69, 9.17) is 23.2 Å². The zero-order chi connectivity index (χ0) is 14.0. The van der Waals surface area contributed by atoms with Crippen molar-refractivity contribution in [1.82, 2.24) is 9.78 Å². The maximum Gasteiger partial charge on any atom is 0.0875 e. The minimum Gasteiger partial charge on any atom is -0.388 e. The fourth-order valence-corrected chi connectivity index (χ4v) is 2.55. The number of rotatable bonds is 4. The Morgan fingerprint density at radius 2 is 1.84 bits per heavy atom. The topological polar surface area (TPSA) is 38.0 Å². The van der Waals surface area contributed by atoms with Crippen molar-refractivity contribution in [3.63, 3.8) is 0 Å².